The first-order valence-corrected chi connectivity index (χ1v) is 4.30. The molecule has 0 aliphatic rings. The van der Waals surface area contributed by atoms with Gasteiger partial charge in [0.15, 0.2) is 16.8 Å². The van der Waals surface area contributed by atoms with Gasteiger partial charge in [-0.3, -0.25) is 0 Å². The molecule has 2 heterocycles. The molecule has 0 bridgehead atoms. The van der Waals surface area contributed by atoms with Gasteiger partial charge in [-0.15, -0.1) is 0 Å². The van der Waals surface area contributed by atoms with E-state index >= 15 is 0 Å². The third-order valence-corrected chi connectivity index (χ3v) is 1.87. The van der Waals surface area contributed by atoms with Crippen molar-refractivity contribution in [1.82, 2.24) is 19.9 Å². The summed E-state index contributed by atoms with van der Waals surface area (Å²) in [6.45, 7) is 0. The molecule has 5 nitrogen and oxygen atoms in total. The van der Waals surface area contributed by atoms with E-state index < -0.39 is 5.82 Å². The standard InChI is InChI=1S/C8H5ClFN5/c9-7-4(10)1-14-8(15-7)5-2-13-6(11)3-12-5/h1-3H,(H2,11,13). The largest absolute Gasteiger partial charge is 0.382 e. The Bertz CT molecular complexity index is 487. The predicted molar refractivity (Wildman–Crippen MR) is 52.4 cm³/mol. The van der Waals surface area contributed by atoms with Crippen molar-refractivity contribution in [1.29, 1.82) is 0 Å². The van der Waals surface area contributed by atoms with Gasteiger partial charge in [0, 0.05) is 0 Å². The highest BCUT2D eigenvalue weighted by Crippen LogP contribution is 2.15. The van der Waals surface area contributed by atoms with Gasteiger partial charge in [-0.1, -0.05) is 11.6 Å². The van der Waals surface area contributed by atoms with Crippen molar-refractivity contribution in [2.24, 2.45) is 0 Å². The molecule has 0 saturated carbocycles. The van der Waals surface area contributed by atoms with E-state index in [1.54, 1.807) is 0 Å². The summed E-state index contributed by atoms with van der Waals surface area (Å²) < 4.78 is 12.8. The Morgan fingerprint density at radius 3 is 2.53 bits per heavy atom. The summed E-state index contributed by atoms with van der Waals surface area (Å²) in [5, 5.41) is -0.251. The molecule has 0 fully saturated rings. The Hall–Kier alpha value is -1.82. The van der Waals surface area contributed by atoms with Crippen LogP contribution in [0.5, 0.6) is 0 Å². The molecule has 2 aromatic heterocycles. The van der Waals surface area contributed by atoms with Gasteiger partial charge in [-0.05, 0) is 0 Å². The Morgan fingerprint density at radius 1 is 1.13 bits per heavy atom. The topological polar surface area (TPSA) is 77.6 Å². The molecule has 0 aliphatic heterocycles. The number of anilines is 1. The van der Waals surface area contributed by atoms with Crippen molar-refractivity contribution in [3.63, 3.8) is 0 Å². The minimum absolute atomic E-state index is 0.203. The van der Waals surface area contributed by atoms with Crippen LogP contribution in [0.3, 0.4) is 0 Å². The van der Waals surface area contributed by atoms with Crippen molar-refractivity contribution in [3.8, 4) is 11.5 Å². The first-order chi connectivity index (χ1) is 7.16. The quantitative estimate of drug-likeness (QED) is 0.741. The Labute approximate surface area is 89.2 Å². The van der Waals surface area contributed by atoms with Crippen molar-refractivity contribution >= 4 is 17.4 Å². The number of nitrogens with zero attached hydrogens (tertiary/aromatic N) is 4. The molecule has 76 valence electrons. The lowest BCUT2D eigenvalue weighted by Crippen LogP contribution is -1.97. The maximum Gasteiger partial charge on any atom is 0.181 e. The Kier molecular flexibility index (Phi) is 2.42. The zero-order valence-corrected chi connectivity index (χ0v) is 8.11. The number of nitrogen functional groups attached to an aromatic ring is 1. The van der Waals surface area contributed by atoms with Crippen LogP contribution in [-0.2, 0) is 0 Å². The molecule has 0 aliphatic carbocycles. The van der Waals surface area contributed by atoms with Crippen LogP contribution in [0.15, 0.2) is 18.6 Å². The van der Waals surface area contributed by atoms with E-state index in [0.29, 0.717) is 5.69 Å². The highest BCUT2D eigenvalue weighted by Gasteiger charge is 2.07. The molecular formula is C8H5ClFN5. The number of aromatic nitrogens is 4. The van der Waals surface area contributed by atoms with Crippen LogP contribution in [-0.4, -0.2) is 19.9 Å². The summed E-state index contributed by atoms with van der Waals surface area (Å²) in [6.07, 6.45) is 3.72. The summed E-state index contributed by atoms with van der Waals surface area (Å²) in [6, 6.07) is 0. The predicted octanol–water partition coefficient (Wildman–Crippen LogP) is 1.31. The van der Waals surface area contributed by atoms with E-state index in [1.807, 2.05) is 0 Å². The molecule has 0 amide bonds. The van der Waals surface area contributed by atoms with Crippen LogP contribution in [0.1, 0.15) is 0 Å². The van der Waals surface area contributed by atoms with E-state index in [-0.39, 0.29) is 16.8 Å². The van der Waals surface area contributed by atoms with Crippen molar-refractivity contribution in [2.75, 3.05) is 5.73 Å². The molecular weight excluding hydrogens is 221 g/mol. The maximum atomic E-state index is 12.8. The van der Waals surface area contributed by atoms with Gasteiger partial charge < -0.3 is 5.73 Å². The average Bonchev–Trinajstić information content (AvgIpc) is 2.23. The van der Waals surface area contributed by atoms with E-state index in [0.717, 1.165) is 6.20 Å². The summed E-state index contributed by atoms with van der Waals surface area (Å²) >= 11 is 5.50. The number of rotatable bonds is 1. The Morgan fingerprint density at radius 2 is 1.93 bits per heavy atom. The Balaban J connectivity index is 2.45. The maximum absolute atomic E-state index is 12.8. The number of nitrogens with two attached hydrogens (primary N) is 1. The van der Waals surface area contributed by atoms with Gasteiger partial charge in [0.05, 0.1) is 18.6 Å². The van der Waals surface area contributed by atoms with E-state index in [4.69, 9.17) is 17.3 Å². The zero-order valence-electron chi connectivity index (χ0n) is 7.35. The molecule has 0 unspecified atom stereocenters. The molecule has 0 saturated heterocycles. The monoisotopic (exact) mass is 225 g/mol. The fourth-order valence-corrected chi connectivity index (χ4v) is 1.05. The van der Waals surface area contributed by atoms with E-state index in [2.05, 4.69) is 19.9 Å². The molecule has 15 heavy (non-hydrogen) atoms. The number of halogens is 2. The first kappa shape index (κ1) is 9.72. The second-order valence-electron chi connectivity index (χ2n) is 2.66. The van der Waals surface area contributed by atoms with Gasteiger partial charge >= 0.3 is 0 Å². The molecule has 7 heteroatoms. The summed E-state index contributed by atoms with van der Waals surface area (Å²) in [5.41, 5.74) is 5.74. The molecule has 0 atom stereocenters. The first-order valence-electron chi connectivity index (χ1n) is 3.93. The molecule has 2 rings (SSSR count). The van der Waals surface area contributed by atoms with Crippen LogP contribution in [0.4, 0.5) is 10.2 Å². The van der Waals surface area contributed by atoms with Gasteiger partial charge in [-0.2, -0.15) is 0 Å². The van der Waals surface area contributed by atoms with Crippen molar-refractivity contribution in [2.45, 2.75) is 0 Å². The van der Waals surface area contributed by atoms with Crippen LogP contribution in [0.25, 0.3) is 11.5 Å². The smallest absolute Gasteiger partial charge is 0.181 e. The second-order valence-corrected chi connectivity index (χ2v) is 3.02. The van der Waals surface area contributed by atoms with Crippen LogP contribution in [0.2, 0.25) is 5.15 Å². The molecule has 2 aromatic rings. The third-order valence-electron chi connectivity index (χ3n) is 1.60. The average molecular weight is 226 g/mol. The molecule has 2 N–H and O–H groups in total. The lowest BCUT2D eigenvalue weighted by molar-refractivity contribution is 0.614. The van der Waals surface area contributed by atoms with E-state index in [9.17, 15) is 4.39 Å². The fraction of sp³-hybridized carbons (Fsp3) is 0. The van der Waals surface area contributed by atoms with Gasteiger partial charge in [-0.25, -0.2) is 24.3 Å². The summed E-state index contributed by atoms with van der Waals surface area (Å²) in [4.78, 5) is 15.2. The fourth-order valence-electron chi connectivity index (χ4n) is 0.923. The SMILES string of the molecule is Nc1cnc(-c2ncc(F)c(Cl)n2)cn1. The minimum Gasteiger partial charge on any atom is -0.382 e. The van der Waals surface area contributed by atoms with Gasteiger partial charge in [0.2, 0.25) is 0 Å². The normalized spacial score (nSPS) is 10.3. The zero-order chi connectivity index (χ0) is 10.8. The van der Waals surface area contributed by atoms with Crippen LogP contribution >= 0.6 is 11.6 Å². The minimum atomic E-state index is -0.677. The lowest BCUT2D eigenvalue weighted by atomic mass is 10.4. The third kappa shape index (κ3) is 1.99. The summed E-state index contributed by atoms with van der Waals surface area (Å²) in [7, 11) is 0. The van der Waals surface area contributed by atoms with Gasteiger partial charge in [0.25, 0.3) is 0 Å². The van der Waals surface area contributed by atoms with Crippen molar-refractivity contribution in [3.05, 3.63) is 29.6 Å². The highest BCUT2D eigenvalue weighted by atomic mass is 35.5. The molecule has 0 spiro atoms. The van der Waals surface area contributed by atoms with Gasteiger partial charge in [0.1, 0.15) is 11.5 Å². The molecule has 0 aromatic carbocycles. The summed E-state index contributed by atoms with van der Waals surface area (Å²) in [5.74, 6) is -0.190. The number of hydrogen-bond acceptors (Lipinski definition) is 5. The van der Waals surface area contributed by atoms with Crippen LogP contribution in [0, 0.1) is 5.82 Å². The lowest BCUT2D eigenvalue weighted by Gasteiger charge is -1.99. The van der Waals surface area contributed by atoms with Crippen LogP contribution < -0.4 is 5.73 Å². The number of hydrogen-bond donors (Lipinski definition) is 1. The van der Waals surface area contributed by atoms with Crippen molar-refractivity contribution < 1.29 is 4.39 Å². The second kappa shape index (κ2) is 3.74. The molecule has 0 radical (unpaired) electrons. The van der Waals surface area contributed by atoms with E-state index in [1.165, 1.54) is 12.4 Å². The highest BCUT2D eigenvalue weighted by molar-refractivity contribution is 6.29.